The van der Waals surface area contributed by atoms with Crippen LogP contribution in [0.4, 0.5) is 5.00 Å². The molecule has 1 fully saturated rings. The second kappa shape index (κ2) is 8.63. The Morgan fingerprint density at radius 2 is 1.90 bits per heavy atom. The first-order valence-corrected chi connectivity index (χ1v) is 11.4. The van der Waals surface area contributed by atoms with Gasteiger partial charge in [-0.15, -0.1) is 11.3 Å². The molecule has 5 heteroatoms. The van der Waals surface area contributed by atoms with Crippen molar-refractivity contribution in [2.45, 2.75) is 32.6 Å². The number of hydrogen-bond donors (Lipinski definition) is 1. The van der Waals surface area contributed by atoms with Gasteiger partial charge in [-0.05, 0) is 53.5 Å². The summed E-state index contributed by atoms with van der Waals surface area (Å²) in [5.41, 5.74) is 4.83. The van der Waals surface area contributed by atoms with Crippen molar-refractivity contribution in [3.8, 4) is 17.2 Å². The fourth-order valence-electron chi connectivity index (χ4n) is 3.83. The maximum absolute atomic E-state index is 12.7. The summed E-state index contributed by atoms with van der Waals surface area (Å²) in [4.78, 5) is 12.7. The molecular formula is C25H23ClN2OS. The zero-order valence-electron chi connectivity index (χ0n) is 17.0. The molecule has 0 aliphatic heterocycles. The largest absolute Gasteiger partial charge is 0.316 e. The lowest BCUT2D eigenvalue weighted by molar-refractivity contribution is -0.117. The molecule has 3 nitrogen and oxygen atoms in total. The van der Waals surface area contributed by atoms with Gasteiger partial charge in [-0.25, -0.2) is 0 Å². The molecule has 0 unspecified atom stereocenters. The zero-order valence-corrected chi connectivity index (χ0v) is 18.6. The van der Waals surface area contributed by atoms with Crippen LogP contribution in [0.5, 0.6) is 0 Å². The zero-order chi connectivity index (χ0) is 21.3. The van der Waals surface area contributed by atoms with Gasteiger partial charge in [0.15, 0.2) is 0 Å². The molecule has 1 N–H and O–H groups in total. The van der Waals surface area contributed by atoms with Gasteiger partial charge in [-0.3, -0.25) is 4.79 Å². The lowest BCUT2D eigenvalue weighted by Gasteiger charge is -2.07. The van der Waals surface area contributed by atoms with E-state index < -0.39 is 0 Å². The molecule has 30 heavy (non-hydrogen) atoms. The highest BCUT2D eigenvalue weighted by atomic mass is 35.5. The average molecular weight is 435 g/mol. The monoisotopic (exact) mass is 434 g/mol. The fourth-order valence-corrected chi connectivity index (χ4v) is 4.88. The molecule has 0 saturated heterocycles. The second-order valence-electron chi connectivity index (χ2n) is 8.25. The molecule has 1 saturated carbocycles. The first kappa shape index (κ1) is 20.7. The minimum Gasteiger partial charge on any atom is -0.316 e. The summed E-state index contributed by atoms with van der Waals surface area (Å²) in [6.07, 6.45) is 1.86. The van der Waals surface area contributed by atoms with Crippen LogP contribution in [0.3, 0.4) is 0 Å². The average Bonchev–Trinajstić information content (AvgIpc) is 3.43. The Morgan fingerprint density at radius 3 is 2.53 bits per heavy atom. The lowest BCUT2D eigenvalue weighted by Crippen LogP contribution is -2.14. The molecule has 3 aromatic rings. The topological polar surface area (TPSA) is 52.9 Å². The Morgan fingerprint density at radius 1 is 1.20 bits per heavy atom. The normalized spacial score (nSPS) is 17.6. The number of carbonyl (C=O) groups is 1. The Labute approximate surface area is 186 Å². The quantitative estimate of drug-likeness (QED) is 0.459. The van der Waals surface area contributed by atoms with Crippen LogP contribution in [-0.2, 0) is 11.2 Å². The number of nitrogens with zero attached hydrogens (tertiary/aromatic N) is 1. The number of thiophene rings is 1. The van der Waals surface area contributed by atoms with E-state index in [1.807, 2.05) is 29.6 Å². The van der Waals surface area contributed by atoms with Gasteiger partial charge < -0.3 is 5.32 Å². The Hall–Kier alpha value is -2.61. The summed E-state index contributed by atoms with van der Waals surface area (Å²) < 4.78 is 0. The van der Waals surface area contributed by atoms with Crippen LogP contribution in [0.15, 0.2) is 53.9 Å². The summed E-state index contributed by atoms with van der Waals surface area (Å²) in [5, 5.41) is 16.0. The number of halogens is 1. The van der Waals surface area contributed by atoms with Gasteiger partial charge in [0, 0.05) is 21.9 Å². The first-order chi connectivity index (χ1) is 14.5. The van der Waals surface area contributed by atoms with Crippen LogP contribution in [-0.4, -0.2) is 5.91 Å². The summed E-state index contributed by atoms with van der Waals surface area (Å²) in [7, 11) is 0. The molecule has 1 heterocycles. The van der Waals surface area contributed by atoms with Crippen LogP contribution in [0.2, 0.25) is 5.02 Å². The molecule has 1 aliphatic carbocycles. The number of benzene rings is 2. The SMILES string of the molecule is CC(C)Cc1ccc(-c2csc(NC(=O)[C@H]3C[C@H]3c3ccc(Cl)cc3)c2C#N)cc1. The number of nitriles is 1. The van der Waals surface area contributed by atoms with Crippen LogP contribution in [0.25, 0.3) is 11.1 Å². The number of nitrogens with one attached hydrogen (secondary N) is 1. The summed E-state index contributed by atoms with van der Waals surface area (Å²) in [6.45, 7) is 4.40. The third kappa shape index (κ3) is 4.43. The van der Waals surface area contributed by atoms with Crippen molar-refractivity contribution in [2.75, 3.05) is 5.32 Å². The van der Waals surface area contributed by atoms with E-state index >= 15 is 0 Å². The Balaban J connectivity index is 1.47. The molecule has 0 spiro atoms. The number of amides is 1. The van der Waals surface area contributed by atoms with E-state index in [0.29, 0.717) is 21.5 Å². The standard InChI is InChI=1S/C25H23ClN2OS/c1-15(2)11-16-3-5-18(6-4-16)23-14-30-25(22(23)13-27)28-24(29)21-12-20(21)17-7-9-19(26)10-8-17/h3-10,14-15,20-21H,11-12H2,1-2H3,(H,28,29)/t20-,21-/m0/s1. The van der Waals surface area contributed by atoms with Gasteiger partial charge in [0.2, 0.25) is 5.91 Å². The van der Waals surface area contributed by atoms with Crippen molar-refractivity contribution < 1.29 is 4.79 Å². The van der Waals surface area contributed by atoms with Gasteiger partial charge in [0.25, 0.3) is 0 Å². The third-order valence-corrected chi connectivity index (χ3v) is 6.62. The molecule has 1 amide bonds. The van der Waals surface area contributed by atoms with Crippen LogP contribution < -0.4 is 5.32 Å². The molecule has 4 rings (SSSR count). The molecule has 2 aromatic carbocycles. The van der Waals surface area contributed by atoms with Crippen LogP contribution >= 0.6 is 22.9 Å². The maximum Gasteiger partial charge on any atom is 0.228 e. The van der Waals surface area contributed by atoms with E-state index in [4.69, 9.17) is 11.6 Å². The minimum absolute atomic E-state index is 0.0212. The van der Waals surface area contributed by atoms with Crippen molar-refractivity contribution >= 4 is 33.8 Å². The Bertz CT molecular complexity index is 1090. The highest BCUT2D eigenvalue weighted by Gasteiger charge is 2.44. The third-order valence-electron chi connectivity index (χ3n) is 5.47. The van der Waals surface area contributed by atoms with Gasteiger partial charge in [-0.2, -0.15) is 5.26 Å². The van der Waals surface area contributed by atoms with Gasteiger partial charge in [-0.1, -0.05) is 61.8 Å². The van der Waals surface area contributed by atoms with Crippen molar-refractivity contribution in [3.63, 3.8) is 0 Å². The highest BCUT2D eigenvalue weighted by Crippen LogP contribution is 2.48. The first-order valence-electron chi connectivity index (χ1n) is 10.1. The van der Waals surface area contributed by atoms with Gasteiger partial charge >= 0.3 is 0 Å². The maximum atomic E-state index is 12.7. The molecule has 0 bridgehead atoms. The van der Waals surface area contributed by atoms with Crippen LogP contribution in [0, 0.1) is 23.2 Å². The van der Waals surface area contributed by atoms with E-state index in [2.05, 4.69) is 49.5 Å². The number of rotatable bonds is 6. The van der Waals surface area contributed by atoms with Crippen molar-refractivity contribution in [3.05, 3.63) is 75.6 Å². The van der Waals surface area contributed by atoms with Crippen LogP contribution in [0.1, 0.15) is 42.9 Å². The number of anilines is 1. The highest BCUT2D eigenvalue weighted by molar-refractivity contribution is 7.15. The van der Waals surface area contributed by atoms with Crippen molar-refractivity contribution in [2.24, 2.45) is 11.8 Å². The predicted octanol–water partition coefficient (Wildman–Crippen LogP) is 6.88. The molecular weight excluding hydrogens is 412 g/mol. The van der Waals surface area contributed by atoms with E-state index in [1.165, 1.54) is 16.9 Å². The summed E-state index contributed by atoms with van der Waals surface area (Å²) >= 11 is 7.36. The molecule has 1 aromatic heterocycles. The summed E-state index contributed by atoms with van der Waals surface area (Å²) in [6, 6.07) is 18.3. The summed E-state index contributed by atoms with van der Waals surface area (Å²) in [5.74, 6) is 0.749. The molecule has 0 radical (unpaired) electrons. The second-order valence-corrected chi connectivity index (χ2v) is 9.57. The van der Waals surface area contributed by atoms with E-state index in [-0.39, 0.29) is 17.7 Å². The minimum atomic E-state index is -0.0569. The van der Waals surface area contributed by atoms with E-state index in [0.717, 1.165) is 29.5 Å². The number of carbonyl (C=O) groups excluding carboxylic acids is 1. The van der Waals surface area contributed by atoms with E-state index in [1.54, 1.807) is 0 Å². The molecule has 1 aliphatic rings. The van der Waals surface area contributed by atoms with E-state index in [9.17, 15) is 10.1 Å². The predicted molar refractivity (Wildman–Crippen MR) is 124 cm³/mol. The Kier molecular flexibility index (Phi) is 5.94. The van der Waals surface area contributed by atoms with Gasteiger partial charge in [0.1, 0.15) is 11.1 Å². The van der Waals surface area contributed by atoms with Gasteiger partial charge in [0.05, 0.1) is 5.56 Å². The van der Waals surface area contributed by atoms with Crippen molar-refractivity contribution in [1.29, 1.82) is 5.26 Å². The fraction of sp³-hybridized carbons (Fsp3) is 0.280. The van der Waals surface area contributed by atoms with Crippen molar-refractivity contribution in [1.82, 2.24) is 0 Å². The molecule has 152 valence electrons. The number of hydrogen-bond acceptors (Lipinski definition) is 3. The lowest BCUT2D eigenvalue weighted by atomic mass is 9.99. The molecule has 2 atom stereocenters. The smallest absolute Gasteiger partial charge is 0.228 e.